The van der Waals surface area contributed by atoms with Crippen molar-refractivity contribution in [1.82, 2.24) is 0 Å². The van der Waals surface area contributed by atoms with E-state index >= 15 is 0 Å². The molecule has 0 spiro atoms. The summed E-state index contributed by atoms with van der Waals surface area (Å²) in [5.41, 5.74) is -0.923. The fourth-order valence-electron chi connectivity index (χ4n) is 10.8. The number of rotatable bonds is 16. The van der Waals surface area contributed by atoms with Gasteiger partial charge in [-0.3, -0.25) is 14.4 Å². The summed E-state index contributed by atoms with van der Waals surface area (Å²) in [6.45, 7) is 9.23. The highest BCUT2D eigenvalue weighted by Crippen LogP contribution is 2.74. The summed E-state index contributed by atoms with van der Waals surface area (Å²) in [7, 11) is 1.73. The van der Waals surface area contributed by atoms with Gasteiger partial charge in [0.1, 0.15) is 0 Å². The molecule has 9 nitrogen and oxygen atoms in total. The highest BCUT2D eigenvalue weighted by molar-refractivity contribution is 5.96. The van der Waals surface area contributed by atoms with Gasteiger partial charge in [-0.05, 0) is 139 Å². The van der Waals surface area contributed by atoms with Crippen molar-refractivity contribution in [2.45, 2.75) is 123 Å². The first-order valence-electron chi connectivity index (χ1n) is 17.3. The number of carboxylic acids is 1. The van der Waals surface area contributed by atoms with Gasteiger partial charge in [-0.15, -0.1) is 0 Å². The van der Waals surface area contributed by atoms with E-state index in [9.17, 15) is 29.7 Å². The van der Waals surface area contributed by atoms with Gasteiger partial charge in [-0.25, -0.2) is 0 Å². The standard InChI is InChI=1S/C35H56O9/c1-17(36)9-7-11-21(37)12-8-10-18(2)43-33(42-6)24-14-20-13-22(24)29-23-15-25(28(20)29)30(26(23)16-35(4,5)34(40)41)27-19(3)31(38)44-32(27)39/h17-30,33,36-37H,7-16H2,1-6H3,(H,40,41). The molecule has 15 unspecified atom stereocenters. The highest BCUT2D eigenvalue weighted by Gasteiger charge is 2.71. The molecule has 1 saturated heterocycles. The molecule has 9 heteroatoms. The Balaban J connectivity index is 1.24. The van der Waals surface area contributed by atoms with Gasteiger partial charge >= 0.3 is 17.9 Å². The maximum absolute atomic E-state index is 13.0. The van der Waals surface area contributed by atoms with E-state index in [1.165, 1.54) is 0 Å². The number of methoxy groups -OCH3 is 1. The van der Waals surface area contributed by atoms with Crippen LogP contribution < -0.4 is 0 Å². The van der Waals surface area contributed by atoms with E-state index in [-0.39, 0.29) is 42.4 Å². The van der Waals surface area contributed by atoms with Crippen molar-refractivity contribution in [1.29, 1.82) is 0 Å². The number of fused-ring (bicyclic) bond motifs is 9. The molecule has 5 fully saturated rings. The van der Waals surface area contributed by atoms with Crippen LogP contribution in [0.4, 0.5) is 0 Å². The predicted octanol–water partition coefficient (Wildman–Crippen LogP) is 5.05. The number of carboxylic acid groups (broad SMARTS) is 1. The van der Waals surface area contributed by atoms with Crippen LogP contribution in [-0.4, -0.2) is 64.9 Å². The SMILES string of the molecule is COC(OC(C)CCCC(O)CCCC(C)O)C1CC2CC1C1C3CC(C(C4C(=O)OC(=O)C4C)C3CC(C)(C)C(=O)O)C21. The van der Waals surface area contributed by atoms with Crippen molar-refractivity contribution in [3.63, 3.8) is 0 Å². The van der Waals surface area contributed by atoms with Gasteiger partial charge in [0.25, 0.3) is 0 Å². The summed E-state index contributed by atoms with van der Waals surface area (Å²) in [5.74, 6) is 0.265. The predicted molar refractivity (Wildman–Crippen MR) is 162 cm³/mol. The number of carbonyl (C=O) groups excluding carboxylic acids is 2. The van der Waals surface area contributed by atoms with Crippen LogP contribution in [0.25, 0.3) is 0 Å². The molecule has 3 N–H and O–H groups in total. The van der Waals surface area contributed by atoms with Gasteiger partial charge in [0.2, 0.25) is 0 Å². The number of aliphatic carboxylic acids is 1. The molecule has 0 aromatic rings. The molecular weight excluding hydrogens is 564 g/mol. The van der Waals surface area contributed by atoms with Crippen molar-refractivity contribution in [2.75, 3.05) is 7.11 Å². The lowest BCUT2D eigenvalue weighted by molar-refractivity contribution is -0.198. The summed E-state index contributed by atoms with van der Waals surface area (Å²) in [4.78, 5) is 37.7. The third-order valence-corrected chi connectivity index (χ3v) is 12.6. The molecule has 44 heavy (non-hydrogen) atoms. The summed E-state index contributed by atoms with van der Waals surface area (Å²) >= 11 is 0. The largest absolute Gasteiger partial charge is 0.481 e. The maximum atomic E-state index is 13.0. The normalized spacial score (nSPS) is 40.2. The van der Waals surface area contributed by atoms with E-state index in [0.29, 0.717) is 54.8 Å². The molecule has 5 rings (SSSR count). The van der Waals surface area contributed by atoms with E-state index < -0.39 is 35.2 Å². The van der Waals surface area contributed by atoms with Gasteiger partial charge in [0.05, 0.1) is 35.6 Å². The Morgan fingerprint density at radius 1 is 0.932 bits per heavy atom. The fraction of sp³-hybridized carbons (Fsp3) is 0.914. The smallest absolute Gasteiger partial charge is 0.317 e. The van der Waals surface area contributed by atoms with Crippen LogP contribution in [0.3, 0.4) is 0 Å². The topological polar surface area (TPSA) is 140 Å². The lowest BCUT2D eigenvalue weighted by Crippen LogP contribution is -2.48. The first-order chi connectivity index (χ1) is 20.7. The fourth-order valence-corrected chi connectivity index (χ4v) is 10.8. The zero-order valence-electron chi connectivity index (χ0n) is 27.5. The van der Waals surface area contributed by atoms with E-state index in [1.807, 2.05) is 0 Å². The molecule has 4 saturated carbocycles. The van der Waals surface area contributed by atoms with Crippen LogP contribution in [0.2, 0.25) is 0 Å². The van der Waals surface area contributed by atoms with Crippen molar-refractivity contribution < 1.29 is 43.9 Å². The Morgan fingerprint density at radius 2 is 1.61 bits per heavy atom. The number of carbonyl (C=O) groups is 3. The Labute approximate surface area is 262 Å². The number of cyclic esters (lactones) is 2. The number of hydrogen-bond acceptors (Lipinski definition) is 8. The Bertz CT molecular complexity index is 1060. The van der Waals surface area contributed by atoms with Gasteiger partial charge in [-0.1, -0.05) is 6.92 Å². The van der Waals surface area contributed by atoms with Crippen LogP contribution in [0, 0.1) is 70.5 Å². The molecule has 15 atom stereocenters. The lowest BCUT2D eigenvalue weighted by Gasteiger charge is -2.48. The third-order valence-electron chi connectivity index (χ3n) is 12.6. The van der Waals surface area contributed by atoms with Gasteiger partial charge in [0.15, 0.2) is 6.29 Å². The summed E-state index contributed by atoms with van der Waals surface area (Å²) < 4.78 is 17.6. The molecule has 0 aromatic carbocycles. The second-order valence-corrected chi connectivity index (χ2v) is 15.9. The highest BCUT2D eigenvalue weighted by atomic mass is 16.7. The Kier molecular flexibility index (Phi) is 10.2. The maximum Gasteiger partial charge on any atom is 0.317 e. The molecule has 5 aliphatic rings. The Morgan fingerprint density at radius 3 is 2.20 bits per heavy atom. The van der Waals surface area contributed by atoms with E-state index in [0.717, 1.165) is 44.9 Å². The summed E-state index contributed by atoms with van der Waals surface area (Å²) in [6.07, 6.45) is 7.34. The second-order valence-electron chi connectivity index (χ2n) is 15.9. The second kappa shape index (κ2) is 13.3. The van der Waals surface area contributed by atoms with Crippen molar-refractivity contribution in [2.24, 2.45) is 70.5 Å². The van der Waals surface area contributed by atoms with Crippen LogP contribution in [0.5, 0.6) is 0 Å². The van der Waals surface area contributed by atoms with Crippen LogP contribution in [0.1, 0.15) is 98.8 Å². The minimum Gasteiger partial charge on any atom is -0.481 e. The molecule has 4 aliphatic carbocycles. The molecule has 0 amide bonds. The number of aliphatic hydroxyl groups is 2. The third kappa shape index (κ3) is 6.37. The molecule has 0 radical (unpaired) electrons. The zero-order valence-corrected chi connectivity index (χ0v) is 27.5. The number of esters is 2. The monoisotopic (exact) mass is 620 g/mol. The van der Waals surface area contributed by atoms with Gasteiger partial charge < -0.3 is 29.5 Å². The molecular formula is C35H56O9. The van der Waals surface area contributed by atoms with Crippen LogP contribution >= 0.6 is 0 Å². The molecule has 1 heterocycles. The lowest BCUT2D eigenvalue weighted by atomic mass is 9.56. The zero-order chi connectivity index (χ0) is 32.1. The molecule has 250 valence electrons. The minimum absolute atomic E-state index is 0.000431. The van der Waals surface area contributed by atoms with Crippen LogP contribution in [0.15, 0.2) is 0 Å². The summed E-state index contributed by atoms with van der Waals surface area (Å²) in [6, 6.07) is 0. The van der Waals surface area contributed by atoms with Crippen molar-refractivity contribution in [3.05, 3.63) is 0 Å². The average Bonchev–Trinajstić information content (AvgIpc) is 3.74. The van der Waals surface area contributed by atoms with Crippen molar-refractivity contribution in [3.8, 4) is 0 Å². The number of aliphatic hydroxyl groups excluding tert-OH is 2. The van der Waals surface area contributed by atoms with Gasteiger partial charge in [0, 0.05) is 13.0 Å². The molecule has 1 aliphatic heterocycles. The summed E-state index contributed by atoms with van der Waals surface area (Å²) in [5, 5.41) is 29.8. The first kappa shape index (κ1) is 33.8. The van der Waals surface area contributed by atoms with E-state index in [4.69, 9.17) is 14.2 Å². The van der Waals surface area contributed by atoms with E-state index in [1.54, 1.807) is 34.8 Å². The first-order valence-corrected chi connectivity index (χ1v) is 17.3. The van der Waals surface area contributed by atoms with Gasteiger partial charge in [-0.2, -0.15) is 0 Å². The Hall–Kier alpha value is -1.55. The molecule has 0 aromatic heterocycles. The average molecular weight is 621 g/mol. The quantitative estimate of drug-likeness (QED) is 0.0936. The van der Waals surface area contributed by atoms with E-state index in [2.05, 4.69) is 6.92 Å². The van der Waals surface area contributed by atoms with Crippen molar-refractivity contribution >= 4 is 17.9 Å². The van der Waals surface area contributed by atoms with Crippen LogP contribution in [-0.2, 0) is 28.6 Å². The minimum atomic E-state index is -0.923. The number of ether oxygens (including phenoxy) is 3. The molecule has 4 bridgehead atoms. The number of hydrogen-bond donors (Lipinski definition) is 3.